The van der Waals surface area contributed by atoms with Crippen LogP contribution in [0.4, 0.5) is 5.00 Å². The smallest absolute Gasteiger partial charge is 0.341 e. The van der Waals surface area contributed by atoms with Crippen LogP contribution in [0.25, 0.3) is 11.4 Å². The number of esters is 1. The highest BCUT2D eigenvalue weighted by atomic mass is 35.5. The van der Waals surface area contributed by atoms with Gasteiger partial charge in [0.2, 0.25) is 17.6 Å². The molecule has 0 fully saturated rings. The van der Waals surface area contributed by atoms with Crippen LogP contribution < -0.4 is 5.32 Å². The molecular formula is C21H22ClN3O4S. The first-order valence-corrected chi connectivity index (χ1v) is 10.7. The number of thiophene rings is 1. The molecule has 0 unspecified atom stereocenters. The third-order valence-electron chi connectivity index (χ3n) is 4.50. The van der Waals surface area contributed by atoms with Gasteiger partial charge in [-0.2, -0.15) is 4.98 Å². The molecule has 0 spiro atoms. The summed E-state index contributed by atoms with van der Waals surface area (Å²) >= 11 is 7.52. The average molecular weight is 448 g/mol. The Morgan fingerprint density at radius 3 is 2.77 bits per heavy atom. The van der Waals surface area contributed by atoms with Gasteiger partial charge in [0.05, 0.1) is 17.2 Å². The molecule has 0 saturated heterocycles. The van der Waals surface area contributed by atoms with Crippen LogP contribution in [0.5, 0.6) is 0 Å². The SMILES string of the molecule is CCOC(=O)c1c(NC(=O)CCCc2nc(-c3ccccc3Cl)no2)sc(C)c1C. The van der Waals surface area contributed by atoms with E-state index >= 15 is 0 Å². The van der Waals surface area contributed by atoms with Gasteiger partial charge in [-0.15, -0.1) is 11.3 Å². The fourth-order valence-corrected chi connectivity index (χ4v) is 4.15. The lowest BCUT2D eigenvalue weighted by Gasteiger charge is -2.07. The molecule has 1 N–H and O–H groups in total. The van der Waals surface area contributed by atoms with E-state index in [2.05, 4.69) is 15.5 Å². The maximum Gasteiger partial charge on any atom is 0.341 e. The number of nitrogens with zero attached hydrogens (tertiary/aromatic N) is 2. The highest BCUT2D eigenvalue weighted by molar-refractivity contribution is 7.16. The van der Waals surface area contributed by atoms with Crippen molar-refractivity contribution in [3.63, 3.8) is 0 Å². The van der Waals surface area contributed by atoms with Crippen LogP contribution in [0, 0.1) is 13.8 Å². The van der Waals surface area contributed by atoms with E-state index in [1.807, 2.05) is 32.0 Å². The highest BCUT2D eigenvalue weighted by Crippen LogP contribution is 2.33. The normalized spacial score (nSPS) is 10.8. The Kier molecular flexibility index (Phi) is 7.23. The molecule has 0 atom stereocenters. The van der Waals surface area contributed by atoms with Crippen molar-refractivity contribution >= 4 is 39.8 Å². The number of carbonyl (C=O) groups excluding carboxylic acids is 2. The number of anilines is 1. The van der Waals surface area contributed by atoms with Crippen LogP contribution >= 0.6 is 22.9 Å². The van der Waals surface area contributed by atoms with E-state index in [1.54, 1.807) is 13.0 Å². The molecule has 2 heterocycles. The van der Waals surface area contributed by atoms with Gasteiger partial charge < -0.3 is 14.6 Å². The third-order valence-corrected chi connectivity index (χ3v) is 5.95. The molecule has 1 amide bonds. The van der Waals surface area contributed by atoms with Crippen LogP contribution in [-0.2, 0) is 16.0 Å². The predicted octanol–water partition coefficient (Wildman–Crippen LogP) is 5.21. The van der Waals surface area contributed by atoms with Crippen molar-refractivity contribution in [1.82, 2.24) is 10.1 Å². The lowest BCUT2D eigenvalue weighted by atomic mass is 10.1. The van der Waals surface area contributed by atoms with Crippen molar-refractivity contribution in [2.75, 3.05) is 11.9 Å². The van der Waals surface area contributed by atoms with Crippen LogP contribution in [0.15, 0.2) is 28.8 Å². The molecule has 30 heavy (non-hydrogen) atoms. The summed E-state index contributed by atoms with van der Waals surface area (Å²) in [5, 5.41) is 7.85. The summed E-state index contributed by atoms with van der Waals surface area (Å²) in [7, 11) is 0. The molecular weight excluding hydrogens is 426 g/mol. The minimum atomic E-state index is -0.424. The molecule has 3 aromatic rings. The number of rotatable bonds is 8. The molecule has 158 valence electrons. The monoisotopic (exact) mass is 447 g/mol. The summed E-state index contributed by atoms with van der Waals surface area (Å²) in [6, 6.07) is 7.25. The molecule has 7 nitrogen and oxygen atoms in total. The standard InChI is InChI=1S/C21H22ClN3O4S/c1-4-28-21(27)18-12(2)13(3)30-20(18)23-16(26)10-7-11-17-24-19(25-29-17)14-8-5-6-9-15(14)22/h5-6,8-9H,4,7,10-11H2,1-3H3,(H,23,26). The van der Waals surface area contributed by atoms with Gasteiger partial charge in [-0.1, -0.05) is 28.9 Å². The zero-order valence-electron chi connectivity index (χ0n) is 17.0. The van der Waals surface area contributed by atoms with Gasteiger partial charge in [0.15, 0.2) is 0 Å². The topological polar surface area (TPSA) is 94.3 Å². The fourth-order valence-electron chi connectivity index (χ4n) is 2.86. The van der Waals surface area contributed by atoms with E-state index in [4.69, 9.17) is 20.9 Å². The van der Waals surface area contributed by atoms with Gasteiger partial charge in [-0.25, -0.2) is 4.79 Å². The number of amides is 1. The predicted molar refractivity (Wildman–Crippen MR) is 116 cm³/mol. The Morgan fingerprint density at radius 2 is 2.03 bits per heavy atom. The van der Waals surface area contributed by atoms with E-state index in [-0.39, 0.29) is 18.9 Å². The minimum absolute atomic E-state index is 0.187. The van der Waals surface area contributed by atoms with Gasteiger partial charge in [-0.05, 0) is 44.9 Å². The molecule has 2 aromatic heterocycles. The highest BCUT2D eigenvalue weighted by Gasteiger charge is 2.22. The molecule has 0 saturated carbocycles. The zero-order valence-corrected chi connectivity index (χ0v) is 18.5. The maximum atomic E-state index is 12.4. The third kappa shape index (κ3) is 5.06. The van der Waals surface area contributed by atoms with Crippen molar-refractivity contribution < 1.29 is 18.8 Å². The zero-order chi connectivity index (χ0) is 21.7. The first-order chi connectivity index (χ1) is 14.4. The molecule has 0 bridgehead atoms. The summed E-state index contributed by atoms with van der Waals surface area (Å²) in [6.07, 6.45) is 1.23. The molecule has 1 aromatic carbocycles. The van der Waals surface area contributed by atoms with E-state index in [0.717, 1.165) is 10.4 Å². The molecule has 0 aliphatic rings. The number of aromatic nitrogens is 2. The van der Waals surface area contributed by atoms with Crippen molar-refractivity contribution in [2.45, 2.75) is 40.0 Å². The lowest BCUT2D eigenvalue weighted by molar-refractivity contribution is -0.116. The quantitative estimate of drug-likeness (QED) is 0.476. The number of carbonyl (C=O) groups is 2. The average Bonchev–Trinajstić information content (AvgIpc) is 3.27. The first kappa shape index (κ1) is 22.0. The Balaban J connectivity index is 1.57. The second-order valence-corrected chi connectivity index (χ2v) is 8.23. The number of benzene rings is 1. The molecule has 3 rings (SSSR count). The fraction of sp³-hybridized carbons (Fsp3) is 0.333. The minimum Gasteiger partial charge on any atom is -0.462 e. The second kappa shape index (κ2) is 9.86. The van der Waals surface area contributed by atoms with Crippen molar-refractivity contribution in [2.24, 2.45) is 0 Å². The lowest BCUT2D eigenvalue weighted by Crippen LogP contribution is -2.14. The summed E-state index contributed by atoms with van der Waals surface area (Å²) in [5.41, 5.74) is 1.95. The van der Waals surface area contributed by atoms with Crippen LogP contribution in [0.3, 0.4) is 0 Å². The number of aryl methyl sites for hydroxylation is 2. The summed E-state index contributed by atoms with van der Waals surface area (Å²) < 4.78 is 10.4. The van der Waals surface area contributed by atoms with Crippen molar-refractivity contribution in [1.29, 1.82) is 0 Å². The molecule has 0 radical (unpaired) electrons. The number of ether oxygens (including phenoxy) is 1. The number of nitrogens with one attached hydrogen (secondary N) is 1. The van der Waals surface area contributed by atoms with Crippen LogP contribution in [-0.4, -0.2) is 28.6 Å². The summed E-state index contributed by atoms with van der Waals surface area (Å²) in [4.78, 5) is 29.9. The van der Waals surface area contributed by atoms with Gasteiger partial charge in [-0.3, -0.25) is 4.79 Å². The molecule has 0 aliphatic carbocycles. The van der Waals surface area contributed by atoms with Crippen molar-refractivity contribution in [3.8, 4) is 11.4 Å². The summed E-state index contributed by atoms with van der Waals surface area (Å²) in [5.74, 6) is 0.247. The Morgan fingerprint density at radius 1 is 1.27 bits per heavy atom. The number of hydrogen-bond donors (Lipinski definition) is 1. The van der Waals surface area contributed by atoms with Crippen molar-refractivity contribution in [3.05, 3.63) is 51.2 Å². The van der Waals surface area contributed by atoms with Gasteiger partial charge in [0, 0.05) is 23.3 Å². The largest absolute Gasteiger partial charge is 0.462 e. The summed E-state index contributed by atoms with van der Waals surface area (Å²) in [6.45, 7) is 5.78. The van der Waals surface area contributed by atoms with Gasteiger partial charge >= 0.3 is 5.97 Å². The van der Waals surface area contributed by atoms with Gasteiger partial charge in [0.1, 0.15) is 5.00 Å². The molecule has 9 heteroatoms. The van der Waals surface area contributed by atoms with Crippen LogP contribution in [0.1, 0.15) is 46.5 Å². The number of hydrogen-bond acceptors (Lipinski definition) is 7. The number of halogens is 1. The van der Waals surface area contributed by atoms with E-state index < -0.39 is 5.97 Å². The Labute approximate surface area is 183 Å². The van der Waals surface area contributed by atoms with E-state index in [0.29, 0.717) is 45.7 Å². The molecule has 0 aliphatic heterocycles. The first-order valence-electron chi connectivity index (χ1n) is 9.55. The second-order valence-electron chi connectivity index (χ2n) is 6.60. The Bertz CT molecular complexity index is 1060. The van der Waals surface area contributed by atoms with Crippen LogP contribution in [0.2, 0.25) is 5.02 Å². The van der Waals surface area contributed by atoms with E-state index in [1.165, 1.54) is 11.3 Å². The maximum absolute atomic E-state index is 12.4. The Hall–Kier alpha value is -2.71. The van der Waals surface area contributed by atoms with E-state index in [9.17, 15) is 9.59 Å². The van der Waals surface area contributed by atoms with Gasteiger partial charge in [0.25, 0.3) is 0 Å².